The van der Waals surface area contributed by atoms with Crippen LogP contribution in [0.5, 0.6) is 0 Å². The molecule has 0 aliphatic heterocycles. The van der Waals surface area contributed by atoms with E-state index < -0.39 is 0 Å². The molecule has 2 aromatic rings. The lowest BCUT2D eigenvalue weighted by Gasteiger charge is -2.28. The van der Waals surface area contributed by atoms with E-state index in [2.05, 4.69) is 23.7 Å². The van der Waals surface area contributed by atoms with Crippen LogP contribution in [0, 0.1) is 5.82 Å². The van der Waals surface area contributed by atoms with Crippen LogP contribution in [0.1, 0.15) is 23.4 Å². The quantitative estimate of drug-likeness (QED) is 0.895. The van der Waals surface area contributed by atoms with Crippen molar-refractivity contribution in [1.29, 1.82) is 0 Å². The van der Waals surface area contributed by atoms with Crippen LogP contribution in [0.3, 0.4) is 0 Å². The summed E-state index contributed by atoms with van der Waals surface area (Å²) in [4.78, 5) is 3.24. The molecule has 1 unspecified atom stereocenters. The first-order chi connectivity index (χ1) is 9.15. The molecule has 1 N–H and O–H groups in total. The van der Waals surface area contributed by atoms with Gasteiger partial charge in [0, 0.05) is 18.5 Å². The maximum absolute atomic E-state index is 14.2. The van der Waals surface area contributed by atoms with E-state index in [1.54, 1.807) is 17.4 Å². The molecule has 0 saturated carbocycles. The second-order valence-electron chi connectivity index (χ2n) is 4.58. The molecule has 2 nitrogen and oxygen atoms in total. The zero-order chi connectivity index (χ0) is 13.8. The fraction of sp³-hybridized carbons (Fsp3) is 0.333. The summed E-state index contributed by atoms with van der Waals surface area (Å²) in [5.74, 6) is -0.168. The molecule has 0 amide bonds. The highest BCUT2D eigenvalue weighted by molar-refractivity contribution is 7.10. The first-order valence-corrected chi connectivity index (χ1v) is 7.21. The minimum absolute atomic E-state index is 0.160. The number of rotatable bonds is 5. The second kappa shape index (κ2) is 6.17. The van der Waals surface area contributed by atoms with Gasteiger partial charge in [0.05, 0.1) is 11.7 Å². The third kappa shape index (κ3) is 2.96. The summed E-state index contributed by atoms with van der Waals surface area (Å²) in [6.07, 6.45) is 0. The minimum atomic E-state index is -0.168. The van der Waals surface area contributed by atoms with E-state index in [1.807, 2.05) is 31.1 Å². The summed E-state index contributed by atoms with van der Waals surface area (Å²) in [6, 6.07) is 9.52. The van der Waals surface area contributed by atoms with Gasteiger partial charge in [-0.1, -0.05) is 18.2 Å². The van der Waals surface area contributed by atoms with E-state index in [-0.39, 0.29) is 11.9 Å². The summed E-state index contributed by atoms with van der Waals surface area (Å²) < 4.78 is 14.2. The lowest BCUT2D eigenvalue weighted by Crippen LogP contribution is -2.24. The molecule has 1 aromatic carbocycles. The van der Waals surface area contributed by atoms with E-state index in [0.29, 0.717) is 12.2 Å². The standard InChI is InChI=1S/C15H19FN2S/c1-11(14-8-5-9-19-14)18(3)15-12(10-17-2)6-4-7-13(15)16/h4-9,11,17H,10H2,1-3H3. The fourth-order valence-corrected chi connectivity index (χ4v) is 3.03. The monoisotopic (exact) mass is 278 g/mol. The molecule has 0 bridgehead atoms. The molecule has 0 fully saturated rings. The topological polar surface area (TPSA) is 15.3 Å². The van der Waals surface area contributed by atoms with Gasteiger partial charge < -0.3 is 10.2 Å². The van der Waals surface area contributed by atoms with Gasteiger partial charge in [-0.05, 0) is 37.0 Å². The van der Waals surface area contributed by atoms with Gasteiger partial charge in [0.15, 0.2) is 0 Å². The zero-order valence-corrected chi connectivity index (χ0v) is 12.3. The molecular weight excluding hydrogens is 259 g/mol. The first-order valence-electron chi connectivity index (χ1n) is 6.33. The van der Waals surface area contributed by atoms with Crippen molar-refractivity contribution in [2.45, 2.75) is 19.5 Å². The molecule has 0 aliphatic rings. The van der Waals surface area contributed by atoms with Gasteiger partial charge in [-0.2, -0.15) is 0 Å². The minimum Gasteiger partial charge on any atom is -0.364 e. The molecule has 0 saturated heterocycles. The first kappa shape index (κ1) is 14.0. The molecule has 1 heterocycles. The molecule has 1 atom stereocenters. The predicted octanol–water partition coefficient (Wildman–Crippen LogP) is 3.80. The molecule has 4 heteroatoms. The van der Waals surface area contributed by atoms with Gasteiger partial charge in [0.1, 0.15) is 5.82 Å². The Morgan fingerprint density at radius 3 is 2.74 bits per heavy atom. The Balaban J connectivity index is 2.35. The van der Waals surface area contributed by atoms with E-state index >= 15 is 0 Å². The SMILES string of the molecule is CNCc1cccc(F)c1N(C)C(C)c1cccs1. The Morgan fingerprint density at radius 2 is 2.11 bits per heavy atom. The van der Waals surface area contributed by atoms with Crippen LogP contribution in [0.4, 0.5) is 10.1 Å². The van der Waals surface area contributed by atoms with Crippen LogP contribution < -0.4 is 10.2 Å². The van der Waals surface area contributed by atoms with Crippen LogP contribution in [0.2, 0.25) is 0 Å². The van der Waals surface area contributed by atoms with Crippen LogP contribution in [0.25, 0.3) is 0 Å². The van der Waals surface area contributed by atoms with E-state index in [9.17, 15) is 4.39 Å². The smallest absolute Gasteiger partial charge is 0.146 e. The van der Waals surface area contributed by atoms with Gasteiger partial charge in [-0.3, -0.25) is 0 Å². The van der Waals surface area contributed by atoms with Crippen molar-refractivity contribution in [3.63, 3.8) is 0 Å². The maximum atomic E-state index is 14.2. The lowest BCUT2D eigenvalue weighted by atomic mass is 10.1. The number of nitrogens with one attached hydrogen (secondary N) is 1. The van der Waals surface area contributed by atoms with Crippen LogP contribution in [-0.4, -0.2) is 14.1 Å². The van der Waals surface area contributed by atoms with Crippen molar-refractivity contribution in [2.24, 2.45) is 0 Å². The predicted molar refractivity (Wildman–Crippen MR) is 80.3 cm³/mol. The van der Waals surface area contributed by atoms with Crippen molar-refractivity contribution < 1.29 is 4.39 Å². The normalized spacial score (nSPS) is 12.4. The van der Waals surface area contributed by atoms with Crippen molar-refractivity contribution in [3.8, 4) is 0 Å². The number of benzene rings is 1. The van der Waals surface area contributed by atoms with Crippen molar-refractivity contribution >= 4 is 17.0 Å². The molecule has 19 heavy (non-hydrogen) atoms. The maximum Gasteiger partial charge on any atom is 0.146 e. The van der Waals surface area contributed by atoms with Crippen LogP contribution in [-0.2, 0) is 6.54 Å². The van der Waals surface area contributed by atoms with E-state index in [4.69, 9.17) is 0 Å². The molecular formula is C15H19FN2S. The molecule has 1 aromatic heterocycles. The van der Waals surface area contributed by atoms with Crippen LogP contribution >= 0.6 is 11.3 Å². The highest BCUT2D eigenvalue weighted by Crippen LogP contribution is 2.32. The number of nitrogens with zero attached hydrogens (tertiary/aromatic N) is 1. The second-order valence-corrected chi connectivity index (χ2v) is 5.56. The lowest BCUT2D eigenvalue weighted by molar-refractivity contribution is 0.607. The van der Waals surface area contributed by atoms with Crippen LogP contribution in [0.15, 0.2) is 35.7 Å². The molecule has 0 aliphatic carbocycles. The van der Waals surface area contributed by atoms with Gasteiger partial charge >= 0.3 is 0 Å². The summed E-state index contributed by atoms with van der Waals surface area (Å²) in [5.41, 5.74) is 1.66. The molecule has 0 radical (unpaired) electrons. The van der Waals surface area contributed by atoms with Gasteiger partial charge in [0.25, 0.3) is 0 Å². The van der Waals surface area contributed by atoms with Crippen molar-refractivity contribution in [2.75, 3.05) is 19.0 Å². The third-order valence-electron chi connectivity index (χ3n) is 3.33. The summed E-state index contributed by atoms with van der Waals surface area (Å²) in [7, 11) is 3.82. The summed E-state index contributed by atoms with van der Waals surface area (Å²) >= 11 is 1.70. The molecule has 102 valence electrons. The van der Waals surface area contributed by atoms with Gasteiger partial charge in [-0.25, -0.2) is 4.39 Å². The Labute approximate surface area is 117 Å². The van der Waals surface area contributed by atoms with Crippen molar-refractivity contribution in [1.82, 2.24) is 5.32 Å². The number of anilines is 1. The Hall–Kier alpha value is -1.39. The summed E-state index contributed by atoms with van der Waals surface area (Å²) in [6.45, 7) is 2.76. The zero-order valence-electron chi connectivity index (χ0n) is 11.5. The Bertz CT molecular complexity index is 525. The number of para-hydroxylation sites is 1. The number of hydrogen-bond donors (Lipinski definition) is 1. The number of thiophene rings is 1. The Morgan fingerprint density at radius 1 is 1.32 bits per heavy atom. The van der Waals surface area contributed by atoms with Gasteiger partial charge in [-0.15, -0.1) is 11.3 Å². The van der Waals surface area contributed by atoms with E-state index in [1.165, 1.54) is 10.9 Å². The fourth-order valence-electron chi connectivity index (χ4n) is 2.20. The third-order valence-corrected chi connectivity index (χ3v) is 4.37. The number of halogens is 1. The summed E-state index contributed by atoms with van der Waals surface area (Å²) in [5, 5.41) is 5.14. The molecule has 2 rings (SSSR count). The van der Waals surface area contributed by atoms with E-state index in [0.717, 1.165) is 5.56 Å². The van der Waals surface area contributed by atoms with Crippen molar-refractivity contribution in [3.05, 3.63) is 52.0 Å². The van der Waals surface area contributed by atoms with Gasteiger partial charge in [0.2, 0.25) is 0 Å². The average molecular weight is 278 g/mol. The average Bonchev–Trinajstić information content (AvgIpc) is 2.91. The molecule has 0 spiro atoms. The largest absolute Gasteiger partial charge is 0.364 e. The highest BCUT2D eigenvalue weighted by Gasteiger charge is 2.19. The Kier molecular flexibility index (Phi) is 4.56. The highest BCUT2D eigenvalue weighted by atomic mass is 32.1. The number of hydrogen-bond acceptors (Lipinski definition) is 3.